The zero-order chi connectivity index (χ0) is 27.7. The van der Waals surface area contributed by atoms with Gasteiger partial charge in [0, 0.05) is 18.6 Å². The van der Waals surface area contributed by atoms with Gasteiger partial charge < -0.3 is 24.1 Å². The van der Waals surface area contributed by atoms with Gasteiger partial charge in [-0.05, 0) is 52.5 Å². The van der Waals surface area contributed by atoms with E-state index in [1.165, 1.54) is 0 Å². The second-order valence-corrected chi connectivity index (χ2v) is 10.2. The van der Waals surface area contributed by atoms with Crippen molar-refractivity contribution in [1.82, 2.24) is 10.2 Å². The maximum absolute atomic E-state index is 13.1. The van der Waals surface area contributed by atoms with E-state index < -0.39 is 29.7 Å². The lowest BCUT2D eigenvalue weighted by atomic mass is 10.0. The Hall–Kier alpha value is -3.02. The first-order valence-electron chi connectivity index (χ1n) is 13.1. The lowest BCUT2D eigenvalue weighted by Gasteiger charge is -2.31. The van der Waals surface area contributed by atoms with Crippen LogP contribution in [0.5, 0.6) is 5.75 Å². The van der Waals surface area contributed by atoms with Gasteiger partial charge in [0.05, 0.1) is 38.4 Å². The normalized spacial score (nSPS) is 19.4. The molecule has 2 unspecified atom stereocenters. The van der Waals surface area contributed by atoms with Gasteiger partial charge in [-0.3, -0.25) is 29.4 Å². The molecule has 0 bridgehead atoms. The molecule has 0 aliphatic carbocycles. The topological polar surface area (TPSA) is 141 Å². The van der Waals surface area contributed by atoms with Crippen LogP contribution in [-0.4, -0.2) is 78.4 Å². The van der Waals surface area contributed by atoms with Gasteiger partial charge in [-0.2, -0.15) is 0 Å². The summed E-state index contributed by atoms with van der Waals surface area (Å²) in [5, 5.41) is 13.0. The predicted molar refractivity (Wildman–Crippen MR) is 135 cm³/mol. The molecule has 2 heterocycles. The fourth-order valence-electron chi connectivity index (χ4n) is 4.30. The van der Waals surface area contributed by atoms with E-state index in [1.54, 1.807) is 18.2 Å². The Bertz CT molecular complexity index is 1000. The van der Waals surface area contributed by atoms with Crippen molar-refractivity contribution in [3.05, 3.63) is 29.3 Å². The Balaban J connectivity index is 1.31. The Morgan fingerprint density at radius 1 is 1.03 bits per heavy atom. The molecule has 0 radical (unpaired) electrons. The fourth-order valence-corrected chi connectivity index (χ4v) is 4.30. The number of ether oxygens (including phenoxy) is 4. The van der Waals surface area contributed by atoms with E-state index in [4.69, 9.17) is 18.9 Å². The molecule has 0 spiro atoms. The van der Waals surface area contributed by atoms with Crippen molar-refractivity contribution in [1.29, 1.82) is 0 Å². The quantitative estimate of drug-likeness (QED) is 0.209. The number of hydrogen-bond donors (Lipinski definition) is 2. The van der Waals surface area contributed by atoms with Crippen LogP contribution in [0.2, 0.25) is 0 Å². The van der Waals surface area contributed by atoms with Gasteiger partial charge in [0.1, 0.15) is 17.4 Å². The van der Waals surface area contributed by atoms with E-state index in [0.29, 0.717) is 44.3 Å². The van der Waals surface area contributed by atoms with Crippen LogP contribution in [0.4, 0.5) is 0 Å². The molecule has 38 heavy (non-hydrogen) atoms. The van der Waals surface area contributed by atoms with Crippen molar-refractivity contribution in [3.8, 4) is 5.75 Å². The molecule has 2 atom stereocenters. The van der Waals surface area contributed by atoms with E-state index >= 15 is 0 Å². The molecule has 1 fully saturated rings. The van der Waals surface area contributed by atoms with E-state index in [1.807, 2.05) is 20.8 Å². The summed E-state index contributed by atoms with van der Waals surface area (Å²) in [6.07, 6.45) is 1.63. The van der Waals surface area contributed by atoms with Gasteiger partial charge in [0.2, 0.25) is 11.8 Å². The number of nitrogens with one attached hydrogen (secondary N) is 1. The van der Waals surface area contributed by atoms with Gasteiger partial charge in [-0.15, -0.1) is 0 Å². The van der Waals surface area contributed by atoms with Gasteiger partial charge in [-0.25, -0.2) is 0 Å². The van der Waals surface area contributed by atoms with Crippen LogP contribution in [0.25, 0.3) is 0 Å². The lowest BCUT2D eigenvalue weighted by molar-refractivity contribution is -0.156. The third-order valence-electron chi connectivity index (χ3n) is 6.03. The summed E-state index contributed by atoms with van der Waals surface area (Å²) in [5.41, 5.74) is 0.143. The number of benzene rings is 1. The number of aliphatic hydroxyl groups excluding tert-OH is 1. The third-order valence-corrected chi connectivity index (χ3v) is 6.03. The molecule has 3 amide bonds. The number of piperidine rings is 1. The molecule has 0 aromatic heterocycles. The molecular formula is C27H38N2O9. The number of amides is 3. The summed E-state index contributed by atoms with van der Waals surface area (Å²) in [6, 6.07) is 4.09. The summed E-state index contributed by atoms with van der Waals surface area (Å²) in [5.74, 6) is -1.38. The van der Waals surface area contributed by atoms with Crippen LogP contribution < -0.4 is 10.1 Å². The molecule has 1 aromatic rings. The standard InChI is InChI=1S/C27H38N2O9/c1-27(2,3)38-22(31)12-15-36-17-16-35-13-5-4-6-14-37-20-9-7-8-18-23(20)26(34)29(25(18)33)19-10-11-21(30)28-24(19)32/h7-9,19,25,33H,4-6,10-17H2,1-3H3,(H,28,30,32). The molecule has 11 heteroatoms. The Morgan fingerprint density at radius 2 is 1.74 bits per heavy atom. The highest BCUT2D eigenvalue weighted by atomic mass is 16.6. The lowest BCUT2D eigenvalue weighted by Crippen LogP contribution is -2.53. The molecule has 3 rings (SSSR count). The summed E-state index contributed by atoms with van der Waals surface area (Å²) in [7, 11) is 0. The number of imide groups is 1. The van der Waals surface area contributed by atoms with E-state index in [0.717, 1.165) is 24.2 Å². The van der Waals surface area contributed by atoms with Gasteiger partial charge in [-0.1, -0.05) is 12.1 Å². The average molecular weight is 535 g/mol. The maximum atomic E-state index is 13.1. The van der Waals surface area contributed by atoms with E-state index in [2.05, 4.69) is 5.32 Å². The largest absolute Gasteiger partial charge is 0.493 e. The molecule has 1 saturated heterocycles. The average Bonchev–Trinajstić information content (AvgIpc) is 3.09. The highest BCUT2D eigenvalue weighted by Gasteiger charge is 2.45. The first-order chi connectivity index (χ1) is 18.1. The number of esters is 1. The number of carbonyl (C=O) groups excluding carboxylic acids is 4. The molecule has 2 aliphatic heterocycles. The summed E-state index contributed by atoms with van der Waals surface area (Å²) >= 11 is 0. The highest BCUT2D eigenvalue weighted by Crippen LogP contribution is 2.39. The monoisotopic (exact) mass is 534 g/mol. The maximum Gasteiger partial charge on any atom is 0.308 e. The van der Waals surface area contributed by atoms with Crippen LogP contribution >= 0.6 is 0 Å². The molecule has 210 valence electrons. The third kappa shape index (κ3) is 8.24. The number of unbranched alkanes of at least 4 members (excludes halogenated alkanes) is 2. The van der Waals surface area contributed by atoms with E-state index in [-0.39, 0.29) is 36.7 Å². The van der Waals surface area contributed by atoms with Crippen molar-refractivity contribution in [2.24, 2.45) is 0 Å². The number of aliphatic hydroxyl groups is 1. The summed E-state index contributed by atoms with van der Waals surface area (Å²) in [4.78, 5) is 49.6. The Morgan fingerprint density at radius 3 is 2.45 bits per heavy atom. The second kappa shape index (κ2) is 13.7. The van der Waals surface area contributed by atoms with Crippen molar-refractivity contribution < 1.29 is 43.2 Å². The molecule has 11 nitrogen and oxygen atoms in total. The van der Waals surface area contributed by atoms with Crippen molar-refractivity contribution >= 4 is 23.7 Å². The van der Waals surface area contributed by atoms with Gasteiger partial charge in [0.25, 0.3) is 5.91 Å². The predicted octanol–water partition coefficient (Wildman–Crippen LogP) is 2.25. The molecular weight excluding hydrogens is 496 g/mol. The van der Waals surface area contributed by atoms with Crippen LogP contribution in [-0.2, 0) is 28.6 Å². The SMILES string of the molecule is CC(C)(C)OC(=O)CCOCCOCCCCCOc1cccc2c1C(=O)N(C1CCC(=O)NC1=O)C2O. The number of nitrogens with zero attached hydrogens (tertiary/aromatic N) is 1. The smallest absolute Gasteiger partial charge is 0.308 e. The van der Waals surface area contributed by atoms with Crippen LogP contribution in [0.15, 0.2) is 18.2 Å². The van der Waals surface area contributed by atoms with Crippen LogP contribution in [0.3, 0.4) is 0 Å². The minimum Gasteiger partial charge on any atom is -0.493 e. The van der Waals surface area contributed by atoms with Gasteiger partial charge >= 0.3 is 5.97 Å². The zero-order valence-corrected chi connectivity index (χ0v) is 22.3. The van der Waals surface area contributed by atoms with Crippen molar-refractivity contribution in [2.45, 2.75) is 77.2 Å². The van der Waals surface area contributed by atoms with Crippen LogP contribution in [0, 0.1) is 0 Å². The summed E-state index contributed by atoms with van der Waals surface area (Å²) in [6.45, 7) is 7.56. The first kappa shape index (κ1) is 29.5. The van der Waals surface area contributed by atoms with Gasteiger partial charge in [0.15, 0.2) is 6.23 Å². The van der Waals surface area contributed by atoms with Crippen molar-refractivity contribution in [3.63, 3.8) is 0 Å². The zero-order valence-electron chi connectivity index (χ0n) is 22.3. The molecule has 1 aromatic carbocycles. The second-order valence-electron chi connectivity index (χ2n) is 10.2. The minimum atomic E-state index is -1.27. The number of fused-ring (bicyclic) bond motifs is 1. The fraction of sp³-hybridized carbons (Fsp3) is 0.630. The summed E-state index contributed by atoms with van der Waals surface area (Å²) < 4.78 is 22.0. The Labute approximate surface area is 222 Å². The Kier molecular flexibility index (Phi) is 10.6. The van der Waals surface area contributed by atoms with Crippen LogP contribution in [0.1, 0.15) is 81.4 Å². The molecule has 0 saturated carbocycles. The highest BCUT2D eigenvalue weighted by molar-refractivity contribution is 6.06. The van der Waals surface area contributed by atoms with E-state index in [9.17, 15) is 24.3 Å². The molecule has 2 aliphatic rings. The first-order valence-corrected chi connectivity index (χ1v) is 13.1. The molecule has 2 N–H and O–H groups in total. The number of rotatable bonds is 14. The number of carbonyl (C=O) groups is 4. The van der Waals surface area contributed by atoms with Crippen molar-refractivity contribution in [2.75, 3.05) is 33.0 Å². The number of hydrogen-bond acceptors (Lipinski definition) is 9. The minimum absolute atomic E-state index is 0.109.